The minimum Gasteiger partial charge on any atom is -0.379 e. The van der Waals surface area contributed by atoms with E-state index in [0.717, 1.165) is 37.3 Å². The normalized spacial score (nSPS) is 10.8. The monoisotopic (exact) mass is 360 g/mol. The van der Waals surface area contributed by atoms with E-state index in [1.807, 2.05) is 43.3 Å². The van der Waals surface area contributed by atoms with Crippen LogP contribution in [0.4, 0.5) is 5.69 Å². The van der Waals surface area contributed by atoms with Gasteiger partial charge in [0.25, 0.3) is 0 Å². The fourth-order valence-electron chi connectivity index (χ4n) is 2.26. The van der Waals surface area contributed by atoms with Gasteiger partial charge in [-0.25, -0.2) is 0 Å². The lowest BCUT2D eigenvalue weighted by atomic mass is 10.1. The van der Waals surface area contributed by atoms with Crippen LogP contribution in [0.1, 0.15) is 11.3 Å². The third-order valence-electron chi connectivity index (χ3n) is 3.34. The first kappa shape index (κ1) is 14.4. The first-order chi connectivity index (χ1) is 10.1. The summed E-state index contributed by atoms with van der Waals surface area (Å²) in [6.07, 6.45) is 0. The van der Waals surface area contributed by atoms with Gasteiger partial charge in [-0.05, 0) is 42.8 Å². The van der Waals surface area contributed by atoms with E-state index in [1.165, 1.54) is 0 Å². The quantitative estimate of drug-likeness (QED) is 0.659. The summed E-state index contributed by atoms with van der Waals surface area (Å²) in [6.45, 7) is 2.69. The highest BCUT2D eigenvalue weighted by Crippen LogP contribution is 2.25. The predicted molar refractivity (Wildman–Crippen MR) is 93.0 cm³/mol. The zero-order chi connectivity index (χ0) is 14.8. The van der Waals surface area contributed by atoms with Gasteiger partial charge in [-0.3, -0.25) is 4.98 Å². The summed E-state index contributed by atoms with van der Waals surface area (Å²) in [5, 5.41) is 5.32. The summed E-state index contributed by atoms with van der Waals surface area (Å²) in [4.78, 5) is 4.63. The zero-order valence-electron chi connectivity index (χ0n) is 11.5. The fourth-order valence-corrected chi connectivity index (χ4v) is 2.84. The molecule has 3 rings (SSSR count). The molecule has 1 heterocycles. The Hall–Kier alpha value is -1.58. The molecule has 1 aromatic heterocycles. The van der Waals surface area contributed by atoms with E-state index >= 15 is 0 Å². The van der Waals surface area contributed by atoms with Crippen LogP contribution in [-0.2, 0) is 6.54 Å². The average Bonchev–Trinajstić information content (AvgIpc) is 2.48. The molecule has 0 radical (unpaired) electrons. The van der Waals surface area contributed by atoms with Crippen LogP contribution in [0.15, 0.2) is 53.0 Å². The van der Waals surface area contributed by atoms with Gasteiger partial charge in [-0.15, -0.1) is 0 Å². The van der Waals surface area contributed by atoms with Crippen molar-refractivity contribution in [3.63, 3.8) is 0 Å². The van der Waals surface area contributed by atoms with Crippen molar-refractivity contribution in [2.45, 2.75) is 13.5 Å². The van der Waals surface area contributed by atoms with Crippen LogP contribution in [0, 0.1) is 6.92 Å². The molecule has 0 aliphatic heterocycles. The number of nitrogens with one attached hydrogen (secondary N) is 1. The number of benzene rings is 2. The van der Waals surface area contributed by atoms with Crippen LogP contribution in [0.3, 0.4) is 0 Å². The molecule has 4 heteroatoms. The Morgan fingerprint density at radius 3 is 2.86 bits per heavy atom. The maximum Gasteiger partial charge on any atom is 0.0936 e. The van der Waals surface area contributed by atoms with E-state index in [2.05, 4.69) is 38.4 Å². The number of aryl methyl sites for hydroxylation is 1. The largest absolute Gasteiger partial charge is 0.379 e. The summed E-state index contributed by atoms with van der Waals surface area (Å²) >= 11 is 9.60. The molecule has 2 nitrogen and oxygen atoms in total. The molecular weight excluding hydrogens is 348 g/mol. The van der Waals surface area contributed by atoms with Crippen LogP contribution < -0.4 is 5.32 Å². The molecule has 21 heavy (non-hydrogen) atoms. The molecule has 0 aliphatic carbocycles. The van der Waals surface area contributed by atoms with Crippen molar-refractivity contribution >= 4 is 44.1 Å². The van der Waals surface area contributed by atoms with Crippen molar-refractivity contribution < 1.29 is 0 Å². The molecule has 0 fully saturated rings. The van der Waals surface area contributed by atoms with Gasteiger partial charge in [0.05, 0.1) is 11.2 Å². The molecule has 0 amide bonds. The maximum atomic E-state index is 6.05. The zero-order valence-corrected chi connectivity index (χ0v) is 13.9. The predicted octanol–water partition coefficient (Wildman–Crippen LogP) is 5.57. The van der Waals surface area contributed by atoms with Crippen molar-refractivity contribution in [1.29, 1.82) is 0 Å². The summed E-state index contributed by atoms with van der Waals surface area (Å²) in [5.41, 5.74) is 4.16. The summed E-state index contributed by atoms with van der Waals surface area (Å²) in [6, 6.07) is 16.1. The summed E-state index contributed by atoms with van der Waals surface area (Å²) in [7, 11) is 0. The van der Waals surface area contributed by atoms with Crippen LogP contribution in [0.2, 0.25) is 5.02 Å². The van der Waals surface area contributed by atoms with Gasteiger partial charge in [0.15, 0.2) is 0 Å². The molecule has 0 unspecified atom stereocenters. The Bertz CT molecular complexity index is 802. The Balaban J connectivity index is 1.91. The number of hydrogen-bond acceptors (Lipinski definition) is 2. The lowest BCUT2D eigenvalue weighted by Gasteiger charge is -2.11. The highest BCUT2D eigenvalue weighted by Gasteiger charge is 2.05. The molecule has 0 spiro atoms. The highest BCUT2D eigenvalue weighted by atomic mass is 79.9. The second-order valence-electron chi connectivity index (χ2n) is 4.92. The molecule has 0 saturated heterocycles. The van der Waals surface area contributed by atoms with Crippen LogP contribution in [0.5, 0.6) is 0 Å². The van der Waals surface area contributed by atoms with Gasteiger partial charge in [0.2, 0.25) is 0 Å². The fraction of sp³-hybridized carbons (Fsp3) is 0.118. The lowest BCUT2D eigenvalue weighted by Crippen LogP contribution is -2.01. The number of fused-ring (bicyclic) bond motifs is 1. The number of halogens is 2. The van der Waals surface area contributed by atoms with E-state index in [0.29, 0.717) is 6.54 Å². The first-order valence-electron chi connectivity index (χ1n) is 6.68. The second-order valence-corrected chi connectivity index (χ2v) is 6.21. The van der Waals surface area contributed by atoms with Crippen molar-refractivity contribution in [2.75, 3.05) is 5.32 Å². The molecule has 0 saturated carbocycles. The van der Waals surface area contributed by atoms with Gasteiger partial charge in [-0.1, -0.05) is 45.7 Å². The molecule has 0 aliphatic rings. The smallest absolute Gasteiger partial charge is 0.0936 e. The third-order valence-corrected chi connectivity index (χ3v) is 4.35. The molecule has 0 atom stereocenters. The SMILES string of the molecule is Cc1ccc2cccc(NCc3cc(Cl)ccc3Br)c2n1. The van der Waals surface area contributed by atoms with Gasteiger partial charge < -0.3 is 5.32 Å². The minimum atomic E-state index is 0.690. The van der Waals surface area contributed by atoms with Crippen LogP contribution >= 0.6 is 27.5 Å². The number of nitrogens with zero attached hydrogens (tertiary/aromatic N) is 1. The van der Waals surface area contributed by atoms with E-state index < -0.39 is 0 Å². The summed E-state index contributed by atoms with van der Waals surface area (Å²) < 4.78 is 1.05. The Kier molecular flexibility index (Phi) is 4.13. The van der Waals surface area contributed by atoms with Crippen molar-refractivity contribution in [1.82, 2.24) is 4.98 Å². The maximum absolute atomic E-state index is 6.05. The van der Waals surface area contributed by atoms with Crippen molar-refractivity contribution in [3.8, 4) is 0 Å². The van der Waals surface area contributed by atoms with E-state index in [4.69, 9.17) is 11.6 Å². The topological polar surface area (TPSA) is 24.9 Å². The molecule has 1 N–H and O–H groups in total. The number of anilines is 1. The Morgan fingerprint density at radius 1 is 1.14 bits per heavy atom. The van der Waals surface area contributed by atoms with Crippen LogP contribution in [-0.4, -0.2) is 4.98 Å². The van der Waals surface area contributed by atoms with E-state index in [9.17, 15) is 0 Å². The number of para-hydroxylation sites is 1. The number of rotatable bonds is 3. The molecule has 3 aromatic rings. The average molecular weight is 362 g/mol. The van der Waals surface area contributed by atoms with E-state index in [-0.39, 0.29) is 0 Å². The van der Waals surface area contributed by atoms with Gasteiger partial charge >= 0.3 is 0 Å². The number of hydrogen-bond donors (Lipinski definition) is 1. The van der Waals surface area contributed by atoms with E-state index in [1.54, 1.807) is 0 Å². The molecular formula is C17H14BrClN2. The van der Waals surface area contributed by atoms with Gasteiger partial charge in [0, 0.05) is 27.1 Å². The van der Waals surface area contributed by atoms with Crippen molar-refractivity contribution in [3.05, 3.63) is 69.3 Å². The third kappa shape index (κ3) is 3.20. The molecule has 0 bridgehead atoms. The number of aromatic nitrogens is 1. The Morgan fingerprint density at radius 2 is 2.00 bits per heavy atom. The standard InChI is InChI=1S/C17H14BrClN2/c1-11-5-6-12-3-2-4-16(17(12)21-11)20-10-13-9-14(19)7-8-15(13)18/h2-9,20H,10H2,1H3. The lowest BCUT2D eigenvalue weighted by molar-refractivity contribution is 1.13. The van der Waals surface area contributed by atoms with Crippen molar-refractivity contribution in [2.24, 2.45) is 0 Å². The highest BCUT2D eigenvalue weighted by molar-refractivity contribution is 9.10. The summed E-state index contributed by atoms with van der Waals surface area (Å²) in [5.74, 6) is 0. The van der Waals surface area contributed by atoms with Gasteiger partial charge in [-0.2, -0.15) is 0 Å². The second kappa shape index (κ2) is 6.04. The van der Waals surface area contributed by atoms with Gasteiger partial charge in [0.1, 0.15) is 0 Å². The minimum absolute atomic E-state index is 0.690. The molecule has 106 valence electrons. The first-order valence-corrected chi connectivity index (χ1v) is 7.85. The Labute approximate surface area is 137 Å². The van der Waals surface area contributed by atoms with Crippen LogP contribution in [0.25, 0.3) is 10.9 Å². The number of pyridine rings is 1. The molecule has 2 aromatic carbocycles.